The van der Waals surface area contributed by atoms with Gasteiger partial charge in [-0.15, -0.1) is 0 Å². The van der Waals surface area contributed by atoms with Crippen LogP contribution in [0.25, 0.3) is 22.2 Å². The van der Waals surface area contributed by atoms with Gasteiger partial charge in [-0.25, -0.2) is 4.98 Å². The Bertz CT molecular complexity index is 1240. The summed E-state index contributed by atoms with van der Waals surface area (Å²) in [7, 11) is 0. The lowest BCUT2D eigenvalue weighted by atomic mass is 10.1. The SMILES string of the molecule is Cc1ccc(-c2cnc(CCC(=O)N3CCN(Cc4cccc5cccnc45)CC3)o2)cc1. The molecule has 33 heavy (non-hydrogen) atoms. The third-order valence-corrected chi connectivity index (χ3v) is 6.28. The maximum Gasteiger partial charge on any atom is 0.223 e. The quantitative estimate of drug-likeness (QED) is 0.443. The molecule has 5 rings (SSSR count). The number of pyridine rings is 1. The van der Waals surface area contributed by atoms with Crippen molar-refractivity contribution in [1.29, 1.82) is 0 Å². The molecule has 1 aliphatic heterocycles. The normalized spacial score (nSPS) is 14.6. The van der Waals surface area contributed by atoms with Gasteiger partial charge in [-0.3, -0.25) is 14.7 Å². The number of rotatable bonds is 6. The van der Waals surface area contributed by atoms with Gasteiger partial charge in [0.05, 0.1) is 11.7 Å². The van der Waals surface area contributed by atoms with Crippen LogP contribution in [0.1, 0.15) is 23.4 Å². The summed E-state index contributed by atoms with van der Waals surface area (Å²) in [5, 5.41) is 1.17. The molecule has 6 heteroatoms. The highest BCUT2D eigenvalue weighted by molar-refractivity contribution is 5.81. The molecule has 168 valence electrons. The van der Waals surface area contributed by atoms with Crippen LogP contribution in [0.4, 0.5) is 0 Å². The minimum atomic E-state index is 0.163. The van der Waals surface area contributed by atoms with Gasteiger partial charge in [-0.2, -0.15) is 0 Å². The average molecular weight is 441 g/mol. The van der Waals surface area contributed by atoms with E-state index in [9.17, 15) is 4.79 Å². The minimum Gasteiger partial charge on any atom is -0.441 e. The Balaban J connectivity index is 1.12. The molecule has 0 aliphatic carbocycles. The first-order valence-electron chi connectivity index (χ1n) is 11.5. The molecule has 1 fully saturated rings. The van der Waals surface area contributed by atoms with E-state index in [1.54, 1.807) is 6.20 Å². The zero-order chi connectivity index (χ0) is 22.6. The van der Waals surface area contributed by atoms with Crippen molar-refractivity contribution in [2.45, 2.75) is 26.3 Å². The second-order valence-corrected chi connectivity index (χ2v) is 8.63. The van der Waals surface area contributed by atoms with Crippen molar-refractivity contribution >= 4 is 16.8 Å². The van der Waals surface area contributed by atoms with Crippen LogP contribution in [-0.2, 0) is 17.8 Å². The van der Waals surface area contributed by atoms with Crippen molar-refractivity contribution in [3.63, 3.8) is 0 Å². The summed E-state index contributed by atoms with van der Waals surface area (Å²) < 4.78 is 5.87. The fraction of sp³-hybridized carbons (Fsp3) is 0.296. The van der Waals surface area contributed by atoms with Crippen molar-refractivity contribution in [3.8, 4) is 11.3 Å². The predicted molar refractivity (Wildman–Crippen MR) is 129 cm³/mol. The first-order valence-corrected chi connectivity index (χ1v) is 11.5. The highest BCUT2D eigenvalue weighted by Crippen LogP contribution is 2.22. The number of hydrogen-bond donors (Lipinski definition) is 0. The molecule has 0 radical (unpaired) electrons. The predicted octanol–water partition coefficient (Wildman–Crippen LogP) is 4.48. The van der Waals surface area contributed by atoms with E-state index in [-0.39, 0.29) is 5.91 Å². The number of benzene rings is 2. The van der Waals surface area contributed by atoms with Gasteiger partial charge in [-0.05, 0) is 18.6 Å². The Morgan fingerprint density at radius 1 is 0.970 bits per heavy atom. The van der Waals surface area contributed by atoms with Crippen molar-refractivity contribution in [3.05, 3.63) is 84.0 Å². The van der Waals surface area contributed by atoms with Crippen LogP contribution >= 0.6 is 0 Å². The molecule has 0 spiro atoms. The fourth-order valence-electron chi connectivity index (χ4n) is 4.34. The van der Waals surface area contributed by atoms with E-state index in [2.05, 4.69) is 58.2 Å². The molecule has 6 nitrogen and oxygen atoms in total. The van der Waals surface area contributed by atoms with E-state index in [1.165, 1.54) is 16.5 Å². The Morgan fingerprint density at radius 3 is 2.58 bits per heavy atom. The van der Waals surface area contributed by atoms with Gasteiger partial charge in [0.15, 0.2) is 11.7 Å². The molecule has 0 unspecified atom stereocenters. The van der Waals surface area contributed by atoms with Gasteiger partial charge < -0.3 is 9.32 Å². The van der Waals surface area contributed by atoms with Crippen molar-refractivity contribution in [2.24, 2.45) is 0 Å². The Kier molecular flexibility index (Phi) is 6.17. The number of carbonyl (C=O) groups excluding carboxylic acids is 1. The van der Waals surface area contributed by atoms with Gasteiger partial charge in [0.2, 0.25) is 5.91 Å². The van der Waals surface area contributed by atoms with Gasteiger partial charge in [0.1, 0.15) is 0 Å². The number of aryl methyl sites for hydroxylation is 2. The lowest BCUT2D eigenvalue weighted by Crippen LogP contribution is -2.48. The smallest absolute Gasteiger partial charge is 0.223 e. The number of para-hydroxylation sites is 1. The van der Waals surface area contributed by atoms with Crippen LogP contribution in [0.2, 0.25) is 0 Å². The van der Waals surface area contributed by atoms with Gasteiger partial charge in [-0.1, -0.05) is 54.1 Å². The zero-order valence-corrected chi connectivity index (χ0v) is 18.9. The summed E-state index contributed by atoms with van der Waals surface area (Å²) in [4.78, 5) is 26.0. The molecule has 2 aromatic carbocycles. The molecule has 1 saturated heterocycles. The summed E-state index contributed by atoms with van der Waals surface area (Å²) in [6.45, 7) is 6.14. The number of fused-ring (bicyclic) bond motifs is 1. The second kappa shape index (κ2) is 9.55. The van der Waals surface area contributed by atoms with Gasteiger partial charge >= 0.3 is 0 Å². The Hall–Kier alpha value is -3.51. The van der Waals surface area contributed by atoms with Crippen LogP contribution in [0.15, 0.2) is 71.4 Å². The summed E-state index contributed by atoms with van der Waals surface area (Å²) in [5.41, 5.74) is 4.51. The Labute approximate surface area is 193 Å². The largest absolute Gasteiger partial charge is 0.441 e. The molecule has 0 N–H and O–H groups in total. The molecule has 3 heterocycles. The molecular formula is C27H28N4O2. The van der Waals surface area contributed by atoms with E-state index in [0.717, 1.165) is 49.6 Å². The van der Waals surface area contributed by atoms with Crippen LogP contribution in [-0.4, -0.2) is 51.9 Å². The second-order valence-electron chi connectivity index (χ2n) is 8.63. The lowest BCUT2D eigenvalue weighted by molar-refractivity contribution is -0.133. The van der Waals surface area contributed by atoms with Crippen molar-refractivity contribution in [1.82, 2.24) is 19.8 Å². The molecule has 0 saturated carbocycles. The van der Waals surface area contributed by atoms with Crippen LogP contribution in [0.5, 0.6) is 0 Å². The molecule has 0 bridgehead atoms. The first kappa shape index (κ1) is 21.3. The van der Waals surface area contributed by atoms with E-state index in [0.29, 0.717) is 18.7 Å². The van der Waals surface area contributed by atoms with E-state index < -0.39 is 0 Å². The number of hydrogen-bond acceptors (Lipinski definition) is 5. The van der Waals surface area contributed by atoms with E-state index in [1.807, 2.05) is 29.3 Å². The summed E-state index contributed by atoms with van der Waals surface area (Å²) in [5.74, 6) is 1.52. The molecule has 4 aromatic rings. The van der Waals surface area contributed by atoms with Crippen molar-refractivity contribution in [2.75, 3.05) is 26.2 Å². The van der Waals surface area contributed by atoms with Crippen LogP contribution < -0.4 is 0 Å². The average Bonchev–Trinajstić information content (AvgIpc) is 3.33. The fourth-order valence-corrected chi connectivity index (χ4v) is 4.34. The molecule has 0 atom stereocenters. The van der Waals surface area contributed by atoms with Gasteiger partial charge in [0, 0.05) is 62.7 Å². The number of piperazine rings is 1. The highest BCUT2D eigenvalue weighted by Gasteiger charge is 2.22. The minimum absolute atomic E-state index is 0.163. The third-order valence-electron chi connectivity index (χ3n) is 6.28. The maximum absolute atomic E-state index is 12.8. The summed E-state index contributed by atoms with van der Waals surface area (Å²) in [6, 6.07) is 18.6. The van der Waals surface area contributed by atoms with E-state index >= 15 is 0 Å². The zero-order valence-electron chi connectivity index (χ0n) is 18.9. The number of oxazole rings is 1. The van der Waals surface area contributed by atoms with E-state index in [4.69, 9.17) is 4.42 Å². The maximum atomic E-state index is 12.8. The van der Waals surface area contributed by atoms with Crippen LogP contribution in [0.3, 0.4) is 0 Å². The first-order chi connectivity index (χ1) is 16.2. The number of aromatic nitrogens is 2. The van der Waals surface area contributed by atoms with Gasteiger partial charge in [0.25, 0.3) is 0 Å². The standard InChI is InChI=1S/C27H28N4O2/c1-20-7-9-21(10-8-20)24-18-29-25(33-24)11-12-26(32)31-16-14-30(15-17-31)19-23-5-2-4-22-6-3-13-28-27(22)23/h2-10,13,18H,11-12,14-17,19H2,1H3. The number of carbonyl (C=O) groups is 1. The molecule has 1 aliphatic rings. The topological polar surface area (TPSA) is 62.5 Å². The summed E-state index contributed by atoms with van der Waals surface area (Å²) >= 11 is 0. The van der Waals surface area contributed by atoms with Crippen LogP contribution in [0, 0.1) is 6.92 Å². The summed E-state index contributed by atoms with van der Waals surface area (Å²) in [6.07, 6.45) is 4.53. The monoisotopic (exact) mass is 440 g/mol. The number of amides is 1. The van der Waals surface area contributed by atoms with Crippen molar-refractivity contribution < 1.29 is 9.21 Å². The molecule has 1 amide bonds. The lowest BCUT2D eigenvalue weighted by Gasteiger charge is -2.34. The third kappa shape index (κ3) is 4.96. The number of nitrogens with zero attached hydrogens (tertiary/aromatic N) is 4. The molecular weight excluding hydrogens is 412 g/mol. The highest BCUT2D eigenvalue weighted by atomic mass is 16.4. The Morgan fingerprint density at radius 2 is 1.76 bits per heavy atom. The molecule has 2 aromatic heterocycles.